The maximum atomic E-state index is 13.8. The van der Waals surface area contributed by atoms with Gasteiger partial charge in [-0.1, -0.05) is 0 Å². The second kappa shape index (κ2) is 4.41. The van der Waals surface area contributed by atoms with Gasteiger partial charge in [-0.3, -0.25) is 4.68 Å². The minimum absolute atomic E-state index is 0.357. The Morgan fingerprint density at radius 2 is 2.10 bits per heavy atom. The number of halogens is 1. The molecule has 0 radical (unpaired) electrons. The van der Waals surface area contributed by atoms with Crippen LogP contribution in [-0.2, 0) is 7.05 Å². The quantitative estimate of drug-likeness (QED) is 0.706. The SMILES string of the molecule is Cc1c(N)cc(-c2nnnn2-c2ccn(C)n2)cc1F. The third-order valence-electron chi connectivity index (χ3n) is 3.03. The van der Waals surface area contributed by atoms with E-state index in [-0.39, 0.29) is 0 Å². The number of hydrogen-bond acceptors (Lipinski definition) is 5. The van der Waals surface area contributed by atoms with E-state index in [0.717, 1.165) is 0 Å². The van der Waals surface area contributed by atoms with Crippen molar-refractivity contribution in [1.29, 1.82) is 0 Å². The highest BCUT2D eigenvalue weighted by molar-refractivity contribution is 5.64. The van der Waals surface area contributed by atoms with Crippen LogP contribution < -0.4 is 5.73 Å². The van der Waals surface area contributed by atoms with E-state index in [2.05, 4.69) is 20.6 Å². The summed E-state index contributed by atoms with van der Waals surface area (Å²) in [5.41, 5.74) is 7.05. The number of rotatable bonds is 2. The Morgan fingerprint density at radius 1 is 1.30 bits per heavy atom. The van der Waals surface area contributed by atoms with Gasteiger partial charge in [-0.05, 0) is 29.5 Å². The van der Waals surface area contributed by atoms with Gasteiger partial charge in [0.2, 0.25) is 0 Å². The fourth-order valence-electron chi connectivity index (χ4n) is 1.87. The lowest BCUT2D eigenvalue weighted by Gasteiger charge is -2.06. The molecule has 0 fully saturated rings. The first kappa shape index (κ1) is 12.3. The summed E-state index contributed by atoms with van der Waals surface area (Å²) in [4.78, 5) is 0. The molecule has 0 aliphatic rings. The lowest BCUT2D eigenvalue weighted by atomic mass is 10.1. The average Bonchev–Trinajstić information content (AvgIpc) is 3.03. The highest BCUT2D eigenvalue weighted by Gasteiger charge is 2.15. The number of anilines is 1. The van der Waals surface area contributed by atoms with Gasteiger partial charge in [-0.2, -0.15) is 9.78 Å². The molecular weight excluding hydrogens is 261 g/mol. The normalized spacial score (nSPS) is 10.9. The number of nitrogens with two attached hydrogens (primary N) is 1. The minimum Gasteiger partial charge on any atom is -0.398 e. The zero-order valence-electron chi connectivity index (χ0n) is 10.9. The summed E-state index contributed by atoms with van der Waals surface area (Å²) in [6, 6.07) is 4.76. The van der Waals surface area contributed by atoms with Crippen LogP contribution in [0.3, 0.4) is 0 Å². The molecule has 0 aliphatic carbocycles. The molecule has 0 bridgehead atoms. The van der Waals surface area contributed by atoms with Crippen LogP contribution in [0.4, 0.5) is 10.1 Å². The molecule has 3 aromatic rings. The number of benzene rings is 1. The fourth-order valence-corrected chi connectivity index (χ4v) is 1.87. The van der Waals surface area contributed by atoms with Gasteiger partial charge in [0.15, 0.2) is 11.6 Å². The smallest absolute Gasteiger partial charge is 0.189 e. The predicted molar refractivity (Wildman–Crippen MR) is 70.5 cm³/mol. The molecule has 0 unspecified atom stereocenters. The third kappa shape index (κ3) is 1.91. The van der Waals surface area contributed by atoms with Crippen molar-refractivity contribution in [2.75, 3.05) is 5.73 Å². The maximum Gasteiger partial charge on any atom is 0.189 e. The van der Waals surface area contributed by atoms with Gasteiger partial charge in [-0.15, -0.1) is 5.10 Å². The Hall–Kier alpha value is -2.77. The molecule has 3 rings (SSSR count). The fraction of sp³-hybridized carbons (Fsp3) is 0.167. The Morgan fingerprint density at radius 3 is 2.75 bits per heavy atom. The topological polar surface area (TPSA) is 87.4 Å². The van der Waals surface area contributed by atoms with Crippen LogP contribution in [0.15, 0.2) is 24.4 Å². The average molecular weight is 273 g/mol. The zero-order chi connectivity index (χ0) is 14.3. The summed E-state index contributed by atoms with van der Waals surface area (Å²) < 4.78 is 16.9. The van der Waals surface area contributed by atoms with Crippen LogP contribution in [0.2, 0.25) is 0 Å². The van der Waals surface area contributed by atoms with E-state index in [1.807, 2.05) is 0 Å². The third-order valence-corrected chi connectivity index (χ3v) is 3.03. The molecule has 1 aromatic carbocycles. The van der Waals surface area contributed by atoms with Crippen molar-refractivity contribution in [3.05, 3.63) is 35.8 Å². The molecule has 2 heterocycles. The van der Waals surface area contributed by atoms with Gasteiger partial charge in [0.25, 0.3) is 0 Å². The monoisotopic (exact) mass is 273 g/mol. The van der Waals surface area contributed by atoms with E-state index in [9.17, 15) is 4.39 Å². The van der Waals surface area contributed by atoms with Crippen LogP contribution in [0.1, 0.15) is 5.56 Å². The number of tetrazole rings is 1. The lowest BCUT2D eigenvalue weighted by Crippen LogP contribution is -2.03. The molecule has 0 spiro atoms. The molecule has 0 atom stereocenters. The van der Waals surface area contributed by atoms with Gasteiger partial charge in [0.1, 0.15) is 5.82 Å². The number of nitrogen functional groups attached to an aromatic ring is 1. The van der Waals surface area contributed by atoms with Gasteiger partial charge in [0.05, 0.1) is 0 Å². The molecule has 102 valence electrons. The maximum absolute atomic E-state index is 13.8. The second-order valence-corrected chi connectivity index (χ2v) is 4.43. The zero-order valence-corrected chi connectivity index (χ0v) is 10.9. The van der Waals surface area contributed by atoms with E-state index in [0.29, 0.717) is 28.5 Å². The van der Waals surface area contributed by atoms with Crippen molar-refractivity contribution in [2.45, 2.75) is 6.92 Å². The lowest BCUT2D eigenvalue weighted by molar-refractivity contribution is 0.619. The summed E-state index contributed by atoms with van der Waals surface area (Å²) in [5, 5.41) is 15.6. The molecule has 8 heteroatoms. The number of nitrogens with zero attached hydrogens (tertiary/aromatic N) is 6. The summed E-state index contributed by atoms with van der Waals surface area (Å²) in [6.07, 6.45) is 1.77. The molecule has 0 saturated carbocycles. The second-order valence-electron chi connectivity index (χ2n) is 4.43. The summed E-state index contributed by atoms with van der Waals surface area (Å²) in [7, 11) is 1.79. The Bertz CT molecular complexity index is 751. The van der Waals surface area contributed by atoms with Gasteiger partial charge < -0.3 is 5.73 Å². The van der Waals surface area contributed by atoms with Crippen molar-refractivity contribution < 1.29 is 4.39 Å². The van der Waals surface area contributed by atoms with Crippen molar-refractivity contribution in [3.63, 3.8) is 0 Å². The van der Waals surface area contributed by atoms with Crippen molar-refractivity contribution in [2.24, 2.45) is 7.05 Å². The standard InChI is InChI=1S/C12H12FN7/c1-7-9(13)5-8(6-10(7)14)12-15-17-18-20(12)11-3-4-19(2)16-11/h3-6H,14H2,1-2H3. The van der Waals surface area contributed by atoms with Crippen LogP contribution in [-0.4, -0.2) is 30.0 Å². The van der Waals surface area contributed by atoms with Crippen molar-refractivity contribution in [1.82, 2.24) is 30.0 Å². The van der Waals surface area contributed by atoms with Gasteiger partial charge >= 0.3 is 0 Å². The predicted octanol–water partition coefficient (Wildman–Crippen LogP) is 1.09. The Kier molecular flexibility index (Phi) is 2.70. The number of hydrogen-bond donors (Lipinski definition) is 1. The van der Waals surface area contributed by atoms with Crippen LogP contribution >= 0.6 is 0 Å². The number of aryl methyl sites for hydroxylation is 1. The molecule has 2 aromatic heterocycles. The molecule has 0 aliphatic heterocycles. The Labute approximate surface area is 113 Å². The Balaban J connectivity index is 2.15. The van der Waals surface area contributed by atoms with E-state index in [4.69, 9.17) is 5.73 Å². The van der Waals surface area contributed by atoms with E-state index in [1.54, 1.807) is 37.0 Å². The highest BCUT2D eigenvalue weighted by atomic mass is 19.1. The minimum atomic E-state index is -0.393. The summed E-state index contributed by atoms with van der Waals surface area (Å²) in [6.45, 7) is 1.62. The van der Waals surface area contributed by atoms with E-state index in [1.165, 1.54) is 10.7 Å². The highest BCUT2D eigenvalue weighted by Crippen LogP contribution is 2.25. The first-order valence-electron chi connectivity index (χ1n) is 5.90. The molecule has 7 nitrogen and oxygen atoms in total. The largest absolute Gasteiger partial charge is 0.398 e. The van der Waals surface area contributed by atoms with Crippen LogP contribution in [0, 0.1) is 12.7 Å². The van der Waals surface area contributed by atoms with Crippen LogP contribution in [0.5, 0.6) is 0 Å². The molecule has 0 saturated heterocycles. The van der Waals surface area contributed by atoms with Crippen molar-refractivity contribution in [3.8, 4) is 17.2 Å². The van der Waals surface area contributed by atoms with Crippen LogP contribution in [0.25, 0.3) is 17.2 Å². The van der Waals surface area contributed by atoms with Gasteiger partial charge in [0, 0.05) is 36.1 Å². The molecule has 0 amide bonds. The summed E-state index contributed by atoms with van der Waals surface area (Å²) in [5.74, 6) is 0.539. The molecule has 2 N–H and O–H groups in total. The summed E-state index contributed by atoms with van der Waals surface area (Å²) >= 11 is 0. The first-order chi connectivity index (χ1) is 9.56. The number of aromatic nitrogens is 6. The van der Waals surface area contributed by atoms with E-state index >= 15 is 0 Å². The molecular formula is C12H12FN7. The molecule has 20 heavy (non-hydrogen) atoms. The van der Waals surface area contributed by atoms with E-state index < -0.39 is 5.82 Å². The van der Waals surface area contributed by atoms with Crippen molar-refractivity contribution >= 4 is 5.69 Å². The van der Waals surface area contributed by atoms with Gasteiger partial charge in [-0.25, -0.2) is 4.39 Å². The first-order valence-corrected chi connectivity index (χ1v) is 5.90.